The monoisotopic (exact) mass is 339 g/mol. The Morgan fingerprint density at radius 3 is 2.68 bits per heavy atom. The number of amides is 1. The predicted octanol–water partition coefficient (Wildman–Crippen LogP) is 3.59. The Kier molecular flexibility index (Phi) is 6.77. The second-order valence-corrected chi connectivity index (χ2v) is 5.33. The van der Waals surface area contributed by atoms with Crippen molar-refractivity contribution in [2.45, 2.75) is 13.8 Å². The number of carbonyl (C=O) groups is 2. The highest BCUT2D eigenvalue weighted by atomic mass is 16.5. The summed E-state index contributed by atoms with van der Waals surface area (Å²) in [6.45, 7) is 3.96. The van der Waals surface area contributed by atoms with Gasteiger partial charge in [-0.3, -0.25) is 4.79 Å². The summed E-state index contributed by atoms with van der Waals surface area (Å²) in [5.74, 6) is -0.428. The summed E-state index contributed by atoms with van der Waals surface area (Å²) < 4.78 is 10.4. The first-order chi connectivity index (χ1) is 12.1. The molecule has 0 spiro atoms. The van der Waals surface area contributed by atoms with E-state index in [2.05, 4.69) is 5.32 Å². The zero-order valence-electron chi connectivity index (χ0n) is 14.3. The Morgan fingerprint density at radius 1 is 1.12 bits per heavy atom. The van der Waals surface area contributed by atoms with Crippen LogP contribution in [0, 0.1) is 6.92 Å². The molecular weight excluding hydrogens is 318 g/mol. The Balaban J connectivity index is 1.84. The van der Waals surface area contributed by atoms with Gasteiger partial charge in [0.15, 0.2) is 6.61 Å². The maximum absolute atomic E-state index is 11.9. The lowest BCUT2D eigenvalue weighted by atomic mass is 10.1. The number of hydrogen-bond acceptors (Lipinski definition) is 4. The summed E-state index contributed by atoms with van der Waals surface area (Å²) in [5.41, 5.74) is 2.54. The van der Waals surface area contributed by atoms with Gasteiger partial charge in [0.1, 0.15) is 5.75 Å². The smallest absolute Gasteiger partial charge is 0.331 e. The van der Waals surface area contributed by atoms with Gasteiger partial charge in [0, 0.05) is 6.08 Å². The second kappa shape index (κ2) is 9.27. The van der Waals surface area contributed by atoms with Gasteiger partial charge in [-0.05, 0) is 37.6 Å². The molecule has 0 atom stereocenters. The number of carbonyl (C=O) groups excluding carboxylic acids is 2. The Bertz CT molecular complexity index is 768. The van der Waals surface area contributed by atoms with E-state index in [4.69, 9.17) is 9.47 Å². The third-order valence-electron chi connectivity index (χ3n) is 3.26. The number of para-hydroxylation sites is 2. The third kappa shape index (κ3) is 6.14. The van der Waals surface area contributed by atoms with Crippen LogP contribution in [-0.2, 0) is 14.3 Å². The zero-order valence-corrected chi connectivity index (χ0v) is 14.3. The van der Waals surface area contributed by atoms with Crippen molar-refractivity contribution in [2.75, 3.05) is 18.5 Å². The van der Waals surface area contributed by atoms with E-state index in [1.807, 2.05) is 44.2 Å². The van der Waals surface area contributed by atoms with Crippen LogP contribution < -0.4 is 10.1 Å². The number of ether oxygens (including phenoxy) is 2. The summed E-state index contributed by atoms with van der Waals surface area (Å²) in [5, 5.41) is 2.67. The Morgan fingerprint density at radius 2 is 1.92 bits per heavy atom. The van der Waals surface area contributed by atoms with Crippen LogP contribution in [0.3, 0.4) is 0 Å². The second-order valence-electron chi connectivity index (χ2n) is 5.33. The highest BCUT2D eigenvalue weighted by Crippen LogP contribution is 2.23. The first kappa shape index (κ1) is 18.3. The average molecular weight is 339 g/mol. The van der Waals surface area contributed by atoms with Gasteiger partial charge in [-0.1, -0.05) is 42.0 Å². The SMILES string of the molecule is CCOc1ccccc1NC(=O)COC(=O)/C=C/c1cccc(C)c1. The molecule has 130 valence electrons. The van der Waals surface area contributed by atoms with Gasteiger partial charge in [0.05, 0.1) is 12.3 Å². The fraction of sp³-hybridized carbons (Fsp3) is 0.200. The Labute approximate surface area is 147 Å². The topological polar surface area (TPSA) is 64.6 Å². The van der Waals surface area contributed by atoms with Gasteiger partial charge in [-0.25, -0.2) is 4.79 Å². The van der Waals surface area contributed by atoms with E-state index in [1.54, 1.807) is 24.3 Å². The molecule has 25 heavy (non-hydrogen) atoms. The van der Waals surface area contributed by atoms with E-state index >= 15 is 0 Å². The quantitative estimate of drug-likeness (QED) is 0.618. The summed E-state index contributed by atoms with van der Waals surface area (Å²) in [6.07, 6.45) is 2.95. The van der Waals surface area contributed by atoms with Crippen molar-refractivity contribution in [2.24, 2.45) is 0 Å². The molecule has 0 saturated heterocycles. The van der Waals surface area contributed by atoms with Crippen LogP contribution in [0.4, 0.5) is 5.69 Å². The summed E-state index contributed by atoms with van der Waals surface area (Å²) >= 11 is 0. The highest BCUT2D eigenvalue weighted by molar-refractivity contribution is 5.95. The first-order valence-electron chi connectivity index (χ1n) is 8.01. The fourth-order valence-electron chi connectivity index (χ4n) is 2.16. The van der Waals surface area contributed by atoms with E-state index in [0.717, 1.165) is 11.1 Å². The lowest BCUT2D eigenvalue weighted by Crippen LogP contribution is -2.20. The van der Waals surface area contributed by atoms with Crippen molar-refractivity contribution < 1.29 is 19.1 Å². The molecule has 0 unspecified atom stereocenters. The zero-order chi connectivity index (χ0) is 18.1. The predicted molar refractivity (Wildman–Crippen MR) is 97.4 cm³/mol. The molecule has 1 N–H and O–H groups in total. The number of aryl methyl sites for hydroxylation is 1. The minimum atomic E-state index is -0.574. The molecule has 0 radical (unpaired) electrons. The largest absolute Gasteiger partial charge is 0.492 e. The molecule has 2 aromatic rings. The van der Waals surface area contributed by atoms with Crippen LogP contribution in [0.1, 0.15) is 18.1 Å². The lowest BCUT2D eigenvalue weighted by Gasteiger charge is -2.11. The molecule has 0 bridgehead atoms. The standard InChI is InChI=1S/C20H21NO4/c1-3-24-18-10-5-4-9-17(18)21-19(22)14-25-20(23)12-11-16-8-6-7-15(2)13-16/h4-13H,3,14H2,1-2H3,(H,21,22)/b12-11+. The molecule has 0 aliphatic carbocycles. The van der Waals surface area contributed by atoms with Crippen molar-refractivity contribution >= 4 is 23.6 Å². The van der Waals surface area contributed by atoms with E-state index < -0.39 is 11.9 Å². The van der Waals surface area contributed by atoms with Gasteiger partial charge >= 0.3 is 5.97 Å². The normalized spacial score (nSPS) is 10.5. The number of anilines is 1. The molecule has 5 nitrogen and oxygen atoms in total. The van der Waals surface area contributed by atoms with Gasteiger partial charge in [0.2, 0.25) is 0 Å². The molecule has 1 amide bonds. The van der Waals surface area contributed by atoms with Crippen LogP contribution in [0.15, 0.2) is 54.6 Å². The van der Waals surface area contributed by atoms with Crippen molar-refractivity contribution in [3.63, 3.8) is 0 Å². The van der Waals surface area contributed by atoms with Crippen molar-refractivity contribution in [1.82, 2.24) is 0 Å². The Hall–Kier alpha value is -3.08. The van der Waals surface area contributed by atoms with E-state index in [9.17, 15) is 9.59 Å². The molecule has 0 fully saturated rings. The molecule has 0 heterocycles. The van der Waals surface area contributed by atoms with Crippen LogP contribution in [0.5, 0.6) is 5.75 Å². The lowest BCUT2D eigenvalue weighted by molar-refractivity contribution is -0.142. The van der Waals surface area contributed by atoms with Gasteiger partial charge < -0.3 is 14.8 Å². The number of benzene rings is 2. The fourth-order valence-corrected chi connectivity index (χ4v) is 2.16. The van der Waals surface area contributed by atoms with Crippen molar-refractivity contribution in [3.05, 3.63) is 65.7 Å². The van der Waals surface area contributed by atoms with Crippen molar-refractivity contribution in [3.8, 4) is 5.75 Å². The molecule has 2 aromatic carbocycles. The number of rotatable bonds is 7. The summed E-state index contributed by atoms with van der Waals surface area (Å²) in [6, 6.07) is 14.8. The van der Waals surface area contributed by atoms with Crippen LogP contribution in [0.2, 0.25) is 0 Å². The van der Waals surface area contributed by atoms with E-state index in [-0.39, 0.29) is 6.61 Å². The highest BCUT2D eigenvalue weighted by Gasteiger charge is 2.09. The van der Waals surface area contributed by atoms with Gasteiger partial charge in [-0.15, -0.1) is 0 Å². The number of nitrogens with one attached hydrogen (secondary N) is 1. The number of hydrogen-bond donors (Lipinski definition) is 1. The minimum absolute atomic E-state index is 0.364. The van der Waals surface area contributed by atoms with Crippen LogP contribution in [-0.4, -0.2) is 25.1 Å². The van der Waals surface area contributed by atoms with Crippen LogP contribution >= 0.6 is 0 Å². The maximum atomic E-state index is 11.9. The summed E-state index contributed by atoms with van der Waals surface area (Å²) in [4.78, 5) is 23.6. The van der Waals surface area contributed by atoms with E-state index in [0.29, 0.717) is 18.0 Å². The molecule has 5 heteroatoms. The molecular formula is C20H21NO4. The van der Waals surface area contributed by atoms with E-state index in [1.165, 1.54) is 6.08 Å². The van der Waals surface area contributed by atoms with Crippen molar-refractivity contribution in [1.29, 1.82) is 0 Å². The van der Waals surface area contributed by atoms with Gasteiger partial charge in [-0.2, -0.15) is 0 Å². The molecule has 0 aromatic heterocycles. The minimum Gasteiger partial charge on any atom is -0.492 e. The molecule has 2 rings (SSSR count). The maximum Gasteiger partial charge on any atom is 0.331 e. The molecule has 0 aliphatic heterocycles. The van der Waals surface area contributed by atoms with Crippen LogP contribution in [0.25, 0.3) is 6.08 Å². The average Bonchev–Trinajstić information content (AvgIpc) is 2.60. The molecule has 0 saturated carbocycles. The third-order valence-corrected chi connectivity index (χ3v) is 3.26. The molecule has 0 aliphatic rings. The first-order valence-corrected chi connectivity index (χ1v) is 8.01. The number of esters is 1. The van der Waals surface area contributed by atoms with Gasteiger partial charge in [0.25, 0.3) is 5.91 Å². The summed E-state index contributed by atoms with van der Waals surface area (Å²) in [7, 11) is 0.